The highest BCUT2D eigenvalue weighted by Crippen LogP contribution is 2.24. The van der Waals surface area contributed by atoms with Gasteiger partial charge in [0.1, 0.15) is 5.82 Å². The average Bonchev–Trinajstić information content (AvgIpc) is 3.11. The second-order valence-electron chi connectivity index (χ2n) is 7.36. The minimum atomic E-state index is -0.435. The Bertz CT molecular complexity index is 1040. The van der Waals surface area contributed by atoms with Gasteiger partial charge < -0.3 is 15.0 Å². The second kappa shape index (κ2) is 7.75. The van der Waals surface area contributed by atoms with Gasteiger partial charge in [-0.1, -0.05) is 6.07 Å². The summed E-state index contributed by atoms with van der Waals surface area (Å²) in [6.07, 6.45) is 1.71. The van der Waals surface area contributed by atoms with Crippen LogP contribution >= 0.6 is 0 Å². The topological polar surface area (TPSA) is 84.7 Å². The smallest absolute Gasteiger partial charge is 0.291 e. The molecular weight excluding hydrogens is 375 g/mol. The molecule has 3 aromatic rings. The zero-order chi connectivity index (χ0) is 20.5. The number of hydrogen-bond acceptors (Lipinski definition) is 6. The van der Waals surface area contributed by atoms with E-state index in [1.165, 1.54) is 10.6 Å². The maximum Gasteiger partial charge on any atom is 0.291 e. The van der Waals surface area contributed by atoms with Gasteiger partial charge in [0.2, 0.25) is 5.82 Å². The van der Waals surface area contributed by atoms with Crippen molar-refractivity contribution >= 4 is 17.4 Å². The summed E-state index contributed by atoms with van der Waals surface area (Å²) in [6, 6.07) is 6.79. The number of fused-ring (bicyclic) bond motifs is 1. The summed E-state index contributed by atoms with van der Waals surface area (Å²) < 4.78 is 21.9. The first-order valence-electron chi connectivity index (χ1n) is 9.56. The Morgan fingerprint density at radius 1 is 1.28 bits per heavy atom. The third kappa shape index (κ3) is 4.04. The molecule has 1 aliphatic heterocycles. The van der Waals surface area contributed by atoms with Crippen molar-refractivity contribution in [2.45, 2.75) is 39.5 Å². The maximum atomic E-state index is 14.7. The van der Waals surface area contributed by atoms with Crippen LogP contribution in [0.3, 0.4) is 0 Å². The van der Waals surface area contributed by atoms with Gasteiger partial charge in [0, 0.05) is 31.5 Å². The van der Waals surface area contributed by atoms with Crippen molar-refractivity contribution in [1.29, 1.82) is 0 Å². The van der Waals surface area contributed by atoms with E-state index >= 15 is 0 Å². The van der Waals surface area contributed by atoms with Crippen LogP contribution in [0, 0.1) is 12.7 Å². The molecule has 8 nitrogen and oxygen atoms in total. The molecule has 3 heterocycles. The van der Waals surface area contributed by atoms with Crippen molar-refractivity contribution in [3.8, 4) is 0 Å². The van der Waals surface area contributed by atoms with E-state index in [4.69, 9.17) is 4.74 Å². The van der Waals surface area contributed by atoms with E-state index in [0.717, 1.165) is 5.69 Å². The molecule has 2 atom stereocenters. The summed E-state index contributed by atoms with van der Waals surface area (Å²) in [5, 5.41) is 6.90. The Morgan fingerprint density at radius 3 is 2.72 bits per heavy atom. The van der Waals surface area contributed by atoms with Gasteiger partial charge in [0.25, 0.3) is 11.7 Å². The lowest BCUT2D eigenvalue weighted by molar-refractivity contribution is -0.00539. The van der Waals surface area contributed by atoms with Crippen LogP contribution in [0.25, 0.3) is 5.78 Å². The molecule has 0 aliphatic carbocycles. The highest BCUT2D eigenvalue weighted by molar-refractivity contribution is 5.90. The van der Waals surface area contributed by atoms with Crippen LogP contribution in [0.5, 0.6) is 0 Å². The van der Waals surface area contributed by atoms with Gasteiger partial charge in [0.05, 0.1) is 17.9 Å². The first-order valence-corrected chi connectivity index (χ1v) is 9.56. The maximum absolute atomic E-state index is 14.7. The molecule has 9 heteroatoms. The largest absolute Gasteiger partial charge is 0.372 e. The normalized spacial score (nSPS) is 19.5. The van der Waals surface area contributed by atoms with Gasteiger partial charge in [0.15, 0.2) is 0 Å². The number of carbonyl (C=O) groups excluding carboxylic acids is 1. The molecule has 1 fully saturated rings. The molecule has 2 unspecified atom stereocenters. The van der Waals surface area contributed by atoms with Gasteiger partial charge in [-0.3, -0.25) is 4.79 Å². The van der Waals surface area contributed by atoms with Crippen molar-refractivity contribution in [2.75, 3.05) is 18.0 Å². The second-order valence-corrected chi connectivity index (χ2v) is 7.36. The van der Waals surface area contributed by atoms with Crippen LogP contribution in [-0.2, 0) is 11.3 Å². The number of ether oxygens (including phenoxy) is 1. The predicted molar refractivity (Wildman–Crippen MR) is 105 cm³/mol. The molecule has 4 rings (SSSR count). The van der Waals surface area contributed by atoms with Crippen molar-refractivity contribution in [2.24, 2.45) is 0 Å². The lowest BCUT2D eigenvalue weighted by Crippen LogP contribution is -2.45. The van der Waals surface area contributed by atoms with Crippen molar-refractivity contribution in [1.82, 2.24) is 24.9 Å². The molecule has 1 amide bonds. The predicted octanol–water partition coefficient (Wildman–Crippen LogP) is 2.12. The van der Waals surface area contributed by atoms with E-state index in [1.54, 1.807) is 18.3 Å². The number of carbonyl (C=O) groups is 1. The van der Waals surface area contributed by atoms with Gasteiger partial charge in [-0.25, -0.2) is 13.9 Å². The molecule has 1 saturated heterocycles. The molecule has 0 radical (unpaired) electrons. The summed E-state index contributed by atoms with van der Waals surface area (Å²) in [7, 11) is 0. The third-order valence-corrected chi connectivity index (χ3v) is 4.86. The van der Waals surface area contributed by atoms with Crippen LogP contribution in [0.4, 0.5) is 10.1 Å². The van der Waals surface area contributed by atoms with Gasteiger partial charge >= 0.3 is 0 Å². The van der Waals surface area contributed by atoms with E-state index in [0.29, 0.717) is 30.1 Å². The Labute approximate surface area is 167 Å². The van der Waals surface area contributed by atoms with Crippen LogP contribution in [-0.4, -0.2) is 50.8 Å². The Kier molecular flexibility index (Phi) is 5.14. The van der Waals surface area contributed by atoms with Gasteiger partial charge in [-0.05, 0) is 44.5 Å². The fraction of sp³-hybridized carbons (Fsp3) is 0.400. The lowest BCUT2D eigenvalue weighted by atomic mass is 10.1. The van der Waals surface area contributed by atoms with Crippen LogP contribution < -0.4 is 10.2 Å². The third-order valence-electron chi connectivity index (χ3n) is 4.86. The monoisotopic (exact) mass is 398 g/mol. The van der Waals surface area contributed by atoms with Gasteiger partial charge in [-0.15, -0.1) is 5.10 Å². The quantitative estimate of drug-likeness (QED) is 0.725. The Balaban J connectivity index is 1.43. The fourth-order valence-electron chi connectivity index (χ4n) is 3.56. The number of aromatic nitrogens is 4. The number of nitrogens with zero attached hydrogens (tertiary/aromatic N) is 5. The lowest BCUT2D eigenvalue weighted by Gasteiger charge is -2.37. The van der Waals surface area contributed by atoms with E-state index in [9.17, 15) is 9.18 Å². The molecule has 29 heavy (non-hydrogen) atoms. The SMILES string of the molecule is Cc1ccnc2nc(C(=O)NCc3ccc(N4CC(C)OC(C)C4)c(F)c3)nn12. The van der Waals surface area contributed by atoms with Crippen LogP contribution in [0.2, 0.25) is 0 Å². The molecule has 1 N–H and O–H groups in total. The average molecular weight is 398 g/mol. The van der Waals surface area contributed by atoms with Crippen molar-refractivity contribution in [3.63, 3.8) is 0 Å². The molecule has 152 valence electrons. The van der Waals surface area contributed by atoms with E-state index in [1.807, 2.05) is 31.7 Å². The van der Waals surface area contributed by atoms with Crippen LogP contribution in [0.15, 0.2) is 30.5 Å². The number of amides is 1. The molecule has 0 spiro atoms. The molecular formula is C20H23FN6O2. The number of halogens is 1. The summed E-state index contributed by atoms with van der Waals surface area (Å²) in [4.78, 5) is 22.6. The summed E-state index contributed by atoms with van der Waals surface area (Å²) in [6.45, 7) is 7.28. The number of hydrogen-bond donors (Lipinski definition) is 1. The minimum Gasteiger partial charge on any atom is -0.372 e. The van der Waals surface area contributed by atoms with Crippen LogP contribution in [0.1, 0.15) is 35.7 Å². The zero-order valence-corrected chi connectivity index (χ0v) is 16.6. The number of rotatable bonds is 4. The standard InChI is InChI=1S/C20H23FN6O2/c1-12-6-7-22-20-24-18(25-27(12)20)19(28)23-9-15-4-5-17(16(21)8-15)26-10-13(2)29-14(3)11-26/h4-8,13-14H,9-11H2,1-3H3,(H,23,28). The van der Waals surface area contributed by atoms with E-state index < -0.39 is 5.91 Å². The van der Waals surface area contributed by atoms with Crippen molar-refractivity contribution < 1.29 is 13.9 Å². The molecule has 1 aliphatic rings. The summed E-state index contributed by atoms with van der Waals surface area (Å²) in [5.41, 5.74) is 2.03. The molecule has 1 aromatic carbocycles. The Morgan fingerprint density at radius 2 is 2.03 bits per heavy atom. The summed E-state index contributed by atoms with van der Waals surface area (Å²) >= 11 is 0. The molecule has 0 bridgehead atoms. The number of morpholine rings is 1. The van der Waals surface area contributed by atoms with Crippen molar-refractivity contribution in [3.05, 3.63) is 53.4 Å². The first kappa shape index (κ1) is 19.3. The number of anilines is 1. The number of benzene rings is 1. The minimum absolute atomic E-state index is 0.0279. The fourth-order valence-corrected chi connectivity index (χ4v) is 3.56. The molecule has 2 aromatic heterocycles. The number of aryl methyl sites for hydroxylation is 1. The first-order chi connectivity index (χ1) is 13.9. The highest BCUT2D eigenvalue weighted by Gasteiger charge is 2.24. The van der Waals surface area contributed by atoms with E-state index in [2.05, 4.69) is 20.4 Å². The summed E-state index contributed by atoms with van der Waals surface area (Å²) in [5.74, 6) is -0.362. The molecule has 0 saturated carbocycles. The highest BCUT2D eigenvalue weighted by atomic mass is 19.1. The zero-order valence-electron chi connectivity index (χ0n) is 16.6. The number of nitrogens with one attached hydrogen (secondary N) is 1. The van der Waals surface area contributed by atoms with E-state index in [-0.39, 0.29) is 30.4 Å². The Hall–Kier alpha value is -3.07. The van der Waals surface area contributed by atoms with Gasteiger partial charge in [-0.2, -0.15) is 4.98 Å².